The molecule has 18 heavy (non-hydrogen) atoms. The van der Waals surface area contributed by atoms with Gasteiger partial charge in [-0.1, -0.05) is 0 Å². The molecule has 0 aromatic carbocycles. The Morgan fingerprint density at radius 3 is 2.83 bits per heavy atom. The number of sulfonamides is 1. The summed E-state index contributed by atoms with van der Waals surface area (Å²) in [6.45, 7) is 2.81. The highest BCUT2D eigenvalue weighted by Gasteiger charge is 2.20. The Morgan fingerprint density at radius 2 is 2.17 bits per heavy atom. The van der Waals surface area contributed by atoms with Crippen LogP contribution in [-0.2, 0) is 16.6 Å². The summed E-state index contributed by atoms with van der Waals surface area (Å²) in [6, 6.07) is 1.82. The summed E-state index contributed by atoms with van der Waals surface area (Å²) in [4.78, 5) is 0. The van der Waals surface area contributed by atoms with Gasteiger partial charge in [-0.25, -0.2) is 13.1 Å². The molecule has 102 valence electrons. The van der Waals surface area contributed by atoms with E-state index in [0.717, 1.165) is 25.9 Å². The molecule has 0 saturated carbocycles. The number of nitrogens with zero attached hydrogens (tertiary/aromatic N) is 2. The number of rotatable bonds is 6. The molecule has 0 unspecified atom stereocenters. The molecule has 1 saturated heterocycles. The topological polar surface area (TPSA) is 76.0 Å². The highest BCUT2D eigenvalue weighted by molar-refractivity contribution is 7.89. The van der Waals surface area contributed by atoms with Crippen LogP contribution in [0.4, 0.5) is 0 Å². The minimum atomic E-state index is -3.15. The third-order valence-corrected chi connectivity index (χ3v) is 4.69. The number of aromatic nitrogens is 2. The van der Waals surface area contributed by atoms with Gasteiger partial charge in [0, 0.05) is 18.9 Å². The van der Waals surface area contributed by atoms with Gasteiger partial charge in [0.15, 0.2) is 0 Å². The first-order valence-corrected chi connectivity index (χ1v) is 7.96. The summed E-state index contributed by atoms with van der Waals surface area (Å²) in [5.74, 6) is 0.529. The Hall–Kier alpha value is -0.920. The summed E-state index contributed by atoms with van der Waals surface area (Å²) >= 11 is 0. The smallest absolute Gasteiger partial charge is 0.211 e. The van der Waals surface area contributed by atoms with Crippen molar-refractivity contribution in [2.45, 2.75) is 19.4 Å². The van der Waals surface area contributed by atoms with E-state index in [0.29, 0.717) is 13.1 Å². The minimum absolute atomic E-state index is 0.244. The van der Waals surface area contributed by atoms with Crippen LogP contribution in [0.2, 0.25) is 0 Å². The van der Waals surface area contributed by atoms with Crippen LogP contribution < -0.4 is 10.0 Å². The van der Waals surface area contributed by atoms with Crippen molar-refractivity contribution in [3.05, 3.63) is 18.5 Å². The van der Waals surface area contributed by atoms with Crippen LogP contribution in [0.15, 0.2) is 18.5 Å². The first-order valence-electron chi connectivity index (χ1n) is 6.31. The fourth-order valence-electron chi connectivity index (χ4n) is 2.17. The van der Waals surface area contributed by atoms with E-state index in [-0.39, 0.29) is 11.7 Å². The Labute approximate surface area is 108 Å². The zero-order valence-corrected chi connectivity index (χ0v) is 11.2. The van der Waals surface area contributed by atoms with Crippen molar-refractivity contribution in [2.75, 3.05) is 25.4 Å². The lowest BCUT2D eigenvalue weighted by Gasteiger charge is -2.22. The lowest BCUT2D eigenvalue weighted by Crippen LogP contribution is -2.36. The monoisotopic (exact) mass is 272 g/mol. The molecule has 0 aliphatic carbocycles. The van der Waals surface area contributed by atoms with Crippen LogP contribution in [0.5, 0.6) is 0 Å². The van der Waals surface area contributed by atoms with Gasteiger partial charge < -0.3 is 5.32 Å². The summed E-state index contributed by atoms with van der Waals surface area (Å²) < 4.78 is 28.1. The molecule has 2 rings (SSSR count). The van der Waals surface area contributed by atoms with Gasteiger partial charge in [-0.2, -0.15) is 5.10 Å². The summed E-state index contributed by atoms with van der Waals surface area (Å²) in [6.07, 6.45) is 5.39. The van der Waals surface area contributed by atoms with Gasteiger partial charge in [0.1, 0.15) is 0 Å². The highest BCUT2D eigenvalue weighted by Crippen LogP contribution is 2.13. The second-order valence-electron chi connectivity index (χ2n) is 4.64. The van der Waals surface area contributed by atoms with Crippen molar-refractivity contribution < 1.29 is 8.42 Å². The lowest BCUT2D eigenvalue weighted by atomic mass is 10.0. The third-order valence-electron chi connectivity index (χ3n) is 3.14. The van der Waals surface area contributed by atoms with Crippen molar-refractivity contribution in [3.63, 3.8) is 0 Å². The SMILES string of the molecule is O=S(=O)(CC1CCNCC1)NCCn1cccn1. The molecule has 1 aromatic heterocycles. The van der Waals surface area contributed by atoms with Gasteiger partial charge in [-0.3, -0.25) is 4.68 Å². The van der Waals surface area contributed by atoms with Gasteiger partial charge in [0.2, 0.25) is 10.0 Å². The predicted octanol–water partition coefficient (Wildman–Crippen LogP) is -0.198. The molecule has 2 heterocycles. The van der Waals surface area contributed by atoms with Gasteiger partial charge in [-0.05, 0) is 37.9 Å². The zero-order chi connectivity index (χ0) is 12.8. The molecule has 1 fully saturated rings. The standard InChI is InChI=1S/C11H20N4O2S/c16-18(17,10-11-2-5-12-6-3-11)14-7-9-15-8-1-4-13-15/h1,4,8,11-12,14H,2-3,5-7,9-10H2. The molecule has 0 atom stereocenters. The van der Waals surface area contributed by atoms with Gasteiger partial charge in [-0.15, -0.1) is 0 Å². The summed E-state index contributed by atoms with van der Waals surface area (Å²) in [5, 5.41) is 7.26. The van der Waals surface area contributed by atoms with E-state index < -0.39 is 10.0 Å². The van der Waals surface area contributed by atoms with Crippen LogP contribution in [0.1, 0.15) is 12.8 Å². The van der Waals surface area contributed by atoms with Crippen LogP contribution >= 0.6 is 0 Å². The number of hydrogen-bond donors (Lipinski definition) is 2. The predicted molar refractivity (Wildman–Crippen MR) is 69.6 cm³/mol. The normalized spacial score (nSPS) is 18.0. The molecule has 7 heteroatoms. The fourth-order valence-corrected chi connectivity index (χ4v) is 3.64. The molecule has 1 aromatic rings. The highest BCUT2D eigenvalue weighted by atomic mass is 32.2. The minimum Gasteiger partial charge on any atom is -0.317 e. The Morgan fingerprint density at radius 1 is 1.39 bits per heavy atom. The lowest BCUT2D eigenvalue weighted by molar-refractivity contribution is 0.400. The number of nitrogens with one attached hydrogen (secondary N) is 2. The van der Waals surface area contributed by atoms with E-state index in [1.54, 1.807) is 10.9 Å². The molecular formula is C11H20N4O2S. The van der Waals surface area contributed by atoms with Crippen LogP contribution in [0.25, 0.3) is 0 Å². The van der Waals surface area contributed by atoms with E-state index in [1.165, 1.54) is 0 Å². The number of hydrogen-bond acceptors (Lipinski definition) is 4. The molecular weight excluding hydrogens is 252 g/mol. The molecule has 0 radical (unpaired) electrons. The van der Waals surface area contributed by atoms with Crippen molar-refractivity contribution >= 4 is 10.0 Å². The Kier molecular flexibility index (Phi) is 4.73. The van der Waals surface area contributed by atoms with Gasteiger partial charge in [0.25, 0.3) is 0 Å². The second-order valence-corrected chi connectivity index (χ2v) is 6.49. The molecule has 2 N–H and O–H groups in total. The average Bonchev–Trinajstić information content (AvgIpc) is 2.82. The van der Waals surface area contributed by atoms with Crippen molar-refractivity contribution in [3.8, 4) is 0 Å². The van der Waals surface area contributed by atoms with Crippen molar-refractivity contribution in [1.82, 2.24) is 19.8 Å². The second kappa shape index (κ2) is 6.31. The quantitative estimate of drug-likeness (QED) is 0.752. The molecule has 1 aliphatic heterocycles. The van der Waals surface area contributed by atoms with E-state index in [4.69, 9.17) is 0 Å². The van der Waals surface area contributed by atoms with E-state index in [9.17, 15) is 8.42 Å². The van der Waals surface area contributed by atoms with Crippen LogP contribution in [0.3, 0.4) is 0 Å². The zero-order valence-electron chi connectivity index (χ0n) is 10.4. The first-order chi connectivity index (χ1) is 8.66. The van der Waals surface area contributed by atoms with Crippen LogP contribution in [0, 0.1) is 5.92 Å². The average molecular weight is 272 g/mol. The third kappa shape index (κ3) is 4.40. The van der Waals surface area contributed by atoms with Gasteiger partial charge in [0.05, 0.1) is 12.3 Å². The maximum absolute atomic E-state index is 11.9. The largest absolute Gasteiger partial charge is 0.317 e. The molecule has 0 spiro atoms. The van der Waals surface area contributed by atoms with Crippen molar-refractivity contribution in [1.29, 1.82) is 0 Å². The fraction of sp³-hybridized carbons (Fsp3) is 0.727. The van der Waals surface area contributed by atoms with E-state index in [1.807, 2.05) is 12.3 Å². The number of piperidine rings is 1. The summed E-state index contributed by atoms with van der Waals surface area (Å²) in [7, 11) is -3.15. The molecule has 6 nitrogen and oxygen atoms in total. The maximum atomic E-state index is 11.9. The Balaban J connectivity index is 1.73. The molecule has 1 aliphatic rings. The first kappa shape index (κ1) is 13.5. The Bertz CT molecular complexity index is 438. The van der Waals surface area contributed by atoms with Crippen molar-refractivity contribution in [2.24, 2.45) is 5.92 Å². The molecule has 0 bridgehead atoms. The molecule has 0 amide bonds. The summed E-state index contributed by atoms with van der Waals surface area (Å²) in [5.41, 5.74) is 0. The van der Waals surface area contributed by atoms with E-state index in [2.05, 4.69) is 15.1 Å². The van der Waals surface area contributed by atoms with E-state index >= 15 is 0 Å². The maximum Gasteiger partial charge on any atom is 0.211 e. The van der Waals surface area contributed by atoms with Crippen LogP contribution in [-0.4, -0.2) is 43.6 Å². The van der Waals surface area contributed by atoms with Gasteiger partial charge >= 0.3 is 0 Å².